The van der Waals surface area contributed by atoms with E-state index in [1.807, 2.05) is 31.2 Å². The molecule has 0 aliphatic carbocycles. The highest BCUT2D eigenvalue weighted by atomic mass is 16.5. The number of hydrogen-bond donors (Lipinski definition) is 2. The van der Waals surface area contributed by atoms with Crippen LogP contribution in [0.3, 0.4) is 0 Å². The van der Waals surface area contributed by atoms with Gasteiger partial charge < -0.3 is 19.9 Å². The van der Waals surface area contributed by atoms with Crippen molar-refractivity contribution < 1.29 is 9.53 Å². The van der Waals surface area contributed by atoms with Crippen molar-refractivity contribution in [1.82, 2.24) is 20.2 Å². The Bertz CT molecular complexity index is 753. The molecule has 1 unspecified atom stereocenters. The number of piperidine rings is 1. The Labute approximate surface area is 160 Å². The van der Waals surface area contributed by atoms with Crippen LogP contribution in [-0.4, -0.2) is 59.6 Å². The van der Waals surface area contributed by atoms with Gasteiger partial charge in [-0.2, -0.15) is 0 Å². The Morgan fingerprint density at radius 1 is 1.41 bits per heavy atom. The number of imidazole rings is 1. The number of aromatic amines is 1. The predicted octanol–water partition coefficient (Wildman–Crippen LogP) is 2.35. The number of ether oxygens (including phenoxy) is 1. The normalized spacial score (nSPS) is 17.9. The topological polar surface area (TPSA) is 82.6 Å². The number of esters is 1. The maximum Gasteiger partial charge on any atom is 0.310 e. The lowest BCUT2D eigenvalue weighted by Crippen LogP contribution is -2.48. The van der Waals surface area contributed by atoms with E-state index in [0.29, 0.717) is 19.7 Å². The third kappa shape index (κ3) is 4.99. The molecule has 2 aromatic rings. The minimum Gasteiger partial charge on any atom is -0.466 e. The van der Waals surface area contributed by atoms with E-state index < -0.39 is 0 Å². The van der Waals surface area contributed by atoms with Crippen molar-refractivity contribution >= 4 is 23.0 Å². The monoisotopic (exact) mass is 371 g/mol. The van der Waals surface area contributed by atoms with E-state index in [0.717, 1.165) is 55.2 Å². The van der Waals surface area contributed by atoms with Crippen molar-refractivity contribution in [3.63, 3.8) is 0 Å². The molecule has 7 heteroatoms. The lowest BCUT2D eigenvalue weighted by molar-refractivity contribution is -0.149. The van der Waals surface area contributed by atoms with Gasteiger partial charge in [-0.25, -0.2) is 4.98 Å². The number of H-pyrrole nitrogens is 1. The van der Waals surface area contributed by atoms with Crippen LogP contribution in [0.2, 0.25) is 0 Å². The minimum atomic E-state index is -0.0969. The number of hydrogen-bond acceptors (Lipinski definition) is 4. The molecule has 0 radical (unpaired) electrons. The van der Waals surface area contributed by atoms with Crippen molar-refractivity contribution in [3.05, 3.63) is 30.1 Å². The molecule has 146 valence electrons. The molecule has 2 N–H and O–H groups in total. The van der Waals surface area contributed by atoms with E-state index in [9.17, 15) is 4.79 Å². The number of carbonyl (C=O) groups excluding carboxylic acids is 1. The molecule has 1 saturated heterocycles. The molecule has 1 aromatic carbocycles. The Kier molecular flexibility index (Phi) is 6.68. The number of benzene rings is 1. The number of aromatic nitrogens is 2. The number of likely N-dealkylation sites (tertiary alicyclic amines) is 1. The molecular weight excluding hydrogens is 342 g/mol. The summed E-state index contributed by atoms with van der Waals surface area (Å²) in [5, 5.41) is 3.35. The summed E-state index contributed by atoms with van der Waals surface area (Å²) in [5.74, 6) is 1.64. The quantitative estimate of drug-likeness (QED) is 0.463. The van der Waals surface area contributed by atoms with Gasteiger partial charge in [0.1, 0.15) is 5.82 Å². The third-order valence-corrected chi connectivity index (χ3v) is 4.72. The summed E-state index contributed by atoms with van der Waals surface area (Å²) in [7, 11) is 0. The molecule has 1 atom stereocenters. The zero-order chi connectivity index (χ0) is 19.1. The summed E-state index contributed by atoms with van der Waals surface area (Å²) in [6, 6.07) is 8.03. The molecule has 0 spiro atoms. The number of fused-ring (bicyclic) bond motifs is 1. The summed E-state index contributed by atoms with van der Waals surface area (Å²) in [5.41, 5.74) is 2.04. The number of guanidine groups is 1. The van der Waals surface area contributed by atoms with Gasteiger partial charge in [0.15, 0.2) is 5.96 Å². The zero-order valence-electron chi connectivity index (χ0n) is 16.2. The fourth-order valence-electron chi connectivity index (χ4n) is 3.44. The maximum absolute atomic E-state index is 12.1. The van der Waals surface area contributed by atoms with Crippen LogP contribution >= 0.6 is 0 Å². The van der Waals surface area contributed by atoms with Crippen molar-refractivity contribution in [2.75, 3.05) is 32.8 Å². The maximum atomic E-state index is 12.1. The number of rotatable bonds is 6. The molecule has 7 nitrogen and oxygen atoms in total. The highest BCUT2D eigenvalue weighted by Gasteiger charge is 2.28. The van der Waals surface area contributed by atoms with Crippen molar-refractivity contribution in [2.24, 2.45) is 10.9 Å². The van der Waals surface area contributed by atoms with Crippen molar-refractivity contribution in [2.45, 2.75) is 33.1 Å². The standard InChI is InChI=1S/C20H29N5O2/c1-3-21-20(25-13-7-8-15(14-25)19(26)27-4-2)22-12-11-18-23-16-9-5-6-10-17(16)24-18/h5-6,9-10,15H,3-4,7-8,11-14H2,1-2H3,(H,21,22)(H,23,24). The Balaban J connectivity index is 1.62. The van der Waals surface area contributed by atoms with Crippen LogP contribution in [0.15, 0.2) is 29.3 Å². The lowest BCUT2D eigenvalue weighted by Gasteiger charge is -2.34. The second-order valence-electron chi connectivity index (χ2n) is 6.72. The number of nitrogens with one attached hydrogen (secondary N) is 2. The molecule has 3 rings (SSSR count). The van der Waals surface area contributed by atoms with Gasteiger partial charge in [-0.05, 0) is 38.8 Å². The molecule has 0 saturated carbocycles. The van der Waals surface area contributed by atoms with E-state index in [2.05, 4.69) is 27.1 Å². The van der Waals surface area contributed by atoms with Crippen LogP contribution in [0.4, 0.5) is 0 Å². The molecule has 1 aliphatic heterocycles. The van der Waals surface area contributed by atoms with Crippen LogP contribution in [0.25, 0.3) is 11.0 Å². The average molecular weight is 371 g/mol. The highest BCUT2D eigenvalue weighted by molar-refractivity contribution is 5.81. The summed E-state index contributed by atoms with van der Waals surface area (Å²) in [4.78, 5) is 27.0. The van der Waals surface area contributed by atoms with Crippen LogP contribution < -0.4 is 5.32 Å². The number of aliphatic imine (C=N–C) groups is 1. The molecule has 27 heavy (non-hydrogen) atoms. The van der Waals surface area contributed by atoms with Gasteiger partial charge in [0.05, 0.1) is 23.6 Å². The van der Waals surface area contributed by atoms with Crippen LogP contribution in [-0.2, 0) is 16.0 Å². The van der Waals surface area contributed by atoms with Gasteiger partial charge >= 0.3 is 5.97 Å². The van der Waals surface area contributed by atoms with Crippen molar-refractivity contribution in [1.29, 1.82) is 0 Å². The Morgan fingerprint density at radius 2 is 2.26 bits per heavy atom. The number of para-hydroxylation sites is 2. The van der Waals surface area contributed by atoms with Gasteiger partial charge in [-0.1, -0.05) is 12.1 Å². The molecule has 0 bridgehead atoms. The predicted molar refractivity (Wildman–Crippen MR) is 107 cm³/mol. The Hall–Kier alpha value is -2.57. The summed E-state index contributed by atoms with van der Waals surface area (Å²) < 4.78 is 5.20. The highest BCUT2D eigenvalue weighted by Crippen LogP contribution is 2.18. The Morgan fingerprint density at radius 3 is 3.04 bits per heavy atom. The van der Waals surface area contributed by atoms with Crippen LogP contribution in [0, 0.1) is 5.92 Å². The summed E-state index contributed by atoms with van der Waals surface area (Å²) >= 11 is 0. The summed E-state index contributed by atoms with van der Waals surface area (Å²) in [6.07, 6.45) is 2.60. The van der Waals surface area contributed by atoms with Crippen molar-refractivity contribution in [3.8, 4) is 0 Å². The molecule has 2 heterocycles. The molecule has 1 aromatic heterocycles. The smallest absolute Gasteiger partial charge is 0.310 e. The first-order chi connectivity index (χ1) is 13.2. The average Bonchev–Trinajstić information content (AvgIpc) is 3.10. The van der Waals surface area contributed by atoms with Gasteiger partial charge in [-0.3, -0.25) is 9.79 Å². The first-order valence-electron chi connectivity index (χ1n) is 9.84. The van der Waals surface area contributed by atoms with Crippen LogP contribution in [0.1, 0.15) is 32.5 Å². The van der Waals surface area contributed by atoms with Gasteiger partial charge in [-0.15, -0.1) is 0 Å². The largest absolute Gasteiger partial charge is 0.466 e. The van der Waals surface area contributed by atoms with Gasteiger partial charge in [0, 0.05) is 32.6 Å². The molecule has 1 aliphatic rings. The number of carbonyl (C=O) groups is 1. The van der Waals surface area contributed by atoms with E-state index in [1.54, 1.807) is 0 Å². The van der Waals surface area contributed by atoms with E-state index in [-0.39, 0.29) is 11.9 Å². The number of nitrogens with zero attached hydrogens (tertiary/aromatic N) is 3. The van der Waals surface area contributed by atoms with E-state index in [4.69, 9.17) is 9.73 Å². The van der Waals surface area contributed by atoms with Gasteiger partial charge in [0.25, 0.3) is 0 Å². The molecular formula is C20H29N5O2. The minimum absolute atomic E-state index is 0.0714. The fourth-order valence-corrected chi connectivity index (χ4v) is 3.44. The molecule has 0 amide bonds. The zero-order valence-corrected chi connectivity index (χ0v) is 16.2. The van der Waals surface area contributed by atoms with Gasteiger partial charge in [0.2, 0.25) is 0 Å². The first kappa shape index (κ1) is 19.2. The van der Waals surface area contributed by atoms with E-state index >= 15 is 0 Å². The fraction of sp³-hybridized carbons (Fsp3) is 0.550. The van der Waals surface area contributed by atoms with E-state index in [1.165, 1.54) is 0 Å². The lowest BCUT2D eigenvalue weighted by atomic mass is 9.98. The second kappa shape index (κ2) is 9.39. The molecule has 1 fully saturated rings. The third-order valence-electron chi connectivity index (χ3n) is 4.72. The summed E-state index contributed by atoms with van der Waals surface area (Å²) in [6.45, 7) is 7.35. The SMILES string of the molecule is CCNC(=NCCc1nc2ccccc2[nH]1)N1CCCC(C(=O)OCC)C1. The second-order valence-corrected chi connectivity index (χ2v) is 6.72. The first-order valence-corrected chi connectivity index (χ1v) is 9.84. The van der Waals surface area contributed by atoms with Crippen LogP contribution in [0.5, 0.6) is 0 Å².